The molecule has 30 heavy (non-hydrogen) atoms. The van der Waals surface area contributed by atoms with Gasteiger partial charge in [0.1, 0.15) is 0 Å². The lowest BCUT2D eigenvalue weighted by Crippen LogP contribution is -2.54. The summed E-state index contributed by atoms with van der Waals surface area (Å²) in [5.41, 5.74) is 1.15. The number of aliphatic hydroxyl groups excluding tert-OH is 1. The Balaban J connectivity index is 1.26. The minimum Gasteiger partial charge on any atom is -0.393 e. The number of fused-ring (bicyclic) bond motifs is 5. The zero-order chi connectivity index (χ0) is 21.3. The first-order valence-electron chi connectivity index (χ1n) is 13.9. The lowest BCUT2D eigenvalue weighted by molar-refractivity contribution is -0.129. The van der Waals surface area contributed by atoms with E-state index in [0.717, 1.165) is 66.1 Å². The molecule has 0 radical (unpaired) electrons. The Morgan fingerprint density at radius 1 is 0.800 bits per heavy atom. The minimum atomic E-state index is -0.00814. The molecule has 5 fully saturated rings. The molecule has 0 heterocycles. The van der Waals surface area contributed by atoms with E-state index in [-0.39, 0.29) is 6.10 Å². The van der Waals surface area contributed by atoms with Gasteiger partial charge in [0.05, 0.1) is 6.10 Å². The fourth-order valence-electron chi connectivity index (χ4n) is 10.3. The molecule has 1 N–H and O–H groups in total. The van der Waals surface area contributed by atoms with Crippen LogP contribution >= 0.6 is 0 Å². The normalized spacial score (nSPS) is 54.6. The van der Waals surface area contributed by atoms with Crippen LogP contribution in [0.2, 0.25) is 0 Å². The first-order valence-corrected chi connectivity index (χ1v) is 13.9. The molecule has 0 aromatic rings. The molecule has 5 saturated carbocycles. The molecule has 0 aromatic carbocycles. The highest BCUT2D eigenvalue weighted by molar-refractivity contribution is 5.09. The highest BCUT2D eigenvalue weighted by Crippen LogP contribution is 2.68. The van der Waals surface area contributed by atoms with Crippen molar-refractivity contribution in [2.75, 3.05) is 0 Å². The Morgan fingerprint density at radius 3 is 2.20 bits per heavy atom. The van der Waals surface area contributed by atoms with Crippen LogP contribution in [0, 0.1) is 64.1 Å². The maximum Gasteiger partial charge on any atom is 0.0543 e. The van der Waals surface area contributed by atoms with Gasteiger partial charge in [0.2, 0.25) is 0 Å². The highest BCUT2D eigenvalue weighted by atomic mass is 16.3. The van der Waals surface area contributed by atoms with Gasteiger partial charge in [0.25, 0.3) is 0 Å². The Hall–Kier alpha value is -0.0400. The van der Waals surface area contributed by atoms with E-state index in [1.54, 1.807) is 0 Å². The minimum absolute atomic E-state index is 0.00814. The van der Waals surface area contributed by atoms with Crippen molar-refractivity contribution in [1.82, 2.24) is 0 Å². The molecule has 0 aliphatic heterocycles. The van der Waals surface area contributed by atoms with Crippen LogP contribution in [-0.4, -0.2) is 11.2 Å². The van der Waals surface area contributed by atoms with Crippen molar-refractivity contribution in [1.29, 1.82) is 0 Å². The quantitative estimate of drug-likeness (QED) is 0.488. The smallest absolute Gasteiger partial charge is 0.0543 e. The Morgan fingerprint density at radius 2 is 1.47 bits per heavy atom. The molecule has 5 aliphatic rings. The van der Waals surface area contributed by atoms with E-state index in [9.17, 15) is 5.11 Å². The number of rotatable bonds is 5. The molecular weight excluding hydrogens is 364 g/mol. The third-order valence-corrected chi connectivity index (χ3v) is 12.4. The third-order valence-electron chi connectivity index (χ3n) is 12.4. The molecule has 1 nitrogen and oxygen atoms in total. The molecule has 12 atom stereocenters. The van der Waals surface area contributed by atoms with Gasteiger partial charge in [-0.1, -0.05) is 47.5 Å². The van der Waals surface area contributed by atoms with Crippen LogP contribution in [0.1, 0.15) is 112 Å². The SMILES string of the molecule is C[C@H](CC[C@@H](C)[C@H]1CC[C@H]2[C@@H]3CC[C@@H]4C[C@@H](O)CC[C@]4(C)[C@H]3CC[C@]12C)[C@@H]1C[C@H]1C. The molecule has 0 spiro atoms. The van der Waals surface area contributed by atoms with Crippen LogP contribution in [0.3, 0.4) is 0 Å². The van der Waals surface area contributed by atoms with E-state index in [2.05, 4.69) is 34.6 Å². The van der Waals surface area contributed by atoms with Gasteiger partial charge >= 0.3 is 0 Å². The molecular formula is C29H50O. The predicted octanol–water partition coefficient (Wildman–Crippen LogP) is 7.71. The second kappa shape index (κ2) is 7.78. The van der Waals surface area contributed by atoms with E-state index in [4.69, 9.17) is 0 Å². The van der Waals surface area contributed by atoms with Crippen LogP contribution in [0.25, 0.3) is 0 Å². The van der Waals surface area contributed by atoms with Crippen LogP contribution in [-0.2, 0) is 0 Å². The zero-order valence-electron chi connectivity index (χ0n) is 20.7. The maximum atomic E-state index is 10.3. The van der Waals surface area contributed by atoms with Crippen LogP contribution in [0.4, 0.5) is 0 Å². The van der Waals surface area contributed by atoms with E-state index in [0.29, 0.717) is 10.8 Å². The number of hydrogen-bond donors (Lipinski definition) is 1. The monoisotopic (exact) mass is 414 g/mol. The van der Waals surface area contributed by atoms with Crippen molar-refractivity contribution < 1.29 is 5.11 Å². The summed E-state index contributed by atoms with van der Waals surface area (Å²) >= 11 is 0. The van der Waals surface area contributed by atoms with Crippen LogP contribution in [0.5, 0.6) is 0 Å². The second-order valence-electron chi connectivity index (χ2n) is 13.7. The summed E-state index contributed by atoms with van der Waals surface area (Å²) in [7, 11) is 0. The van der Waals surface area contributed by atoms with Gasteiger partial charge < -0.3 is 5.11 Å². The molecule has 5 aliphatic carbocycles. The van der Waals surface area contributed by atoms with Gasteiger partial charge in [-0.05, 0) is 128 Å². The highest BCUT2D eigenvalue weighted by Gasteiger charge is 2.60. The van der Waals surface area contributed by atoms with Crippen molar-refractivity contribution >= 4 is 0 Å². The first kappa shape index (κ1) is 21.8. The fourth-order valence-corrected chi connectivity index (χ4v) is 10.3. The zero-order valence-corrected chi connectivity index (χ0v) is 20.7. The molecule has 0 unspecified atom stereocenters. The summed E-state index contributed by atoms with van der Waals surface area (Å²) in [6.07, 6.45) is 16.8. The molecule has 172 valence electrons. The summed E-state index contributed by atoms with van der Waals surface area (Å²) in [5, 5.41) is 10.3. The topological polar surface area (TPSA) is 20.2 Å². The van der Waals surface area contributed by atoms with E-state index < -0.39 is 0 Å². The van der Waals surface area contributed by atoms with Crippen LogP contribution < -0.4 is 0 Å². The average molecular weight is 415 g/mol. The van der Waals surface area contributed by atoms with Crippen LogP contribution in [0.15, 0.2) is 0 Å². The van der Waals surface area contributed by atoms with E-state index >= 15 is 0 Å². The Labute approximate surface area is 187 Å². The molecule has 0 aromatic heterocycles. The summed E-state index contributed by atoms with van der Waals surface area (Å²) in [4.78, 5) is 0. The summed E-state index contributed by atoms with van der Waals surface area (Å²) in [5.74, 6) is 8.65. The fraction of sp³-hybridized carbons (Fsp3) is 1.00. The van der Waals surface area contributed by atoms with Gasteiger partial charge in [0, 0.05) is 0 Å². The van der Waals surface area contributed by atoms with Gasteiger partial charge in [-0.2, -0.15) is 0 Å². The Bertz CT molecular complexity index is 628. The first-order chi connectivity index (χ1) is 14.2. The maximum absolute atomic E-state index is 10.3. The largest absolute Gasteiger partial charge is 0.393 e. The van der Waals surface area contributed by atoms with Crippen molar-refractivity contribution in [3.8, 4) is 0 Å². The summed E-state index contributed by atoms with van der Waals surface area (Å²) in [6, 6.07) is 0. The lowest BCUT2D eigenvalue weighted by atomic mass is 9.44. The lowest BCUT2D eigenvalue weighted by Gasteiger charge is -2.61. The summed E-state index contributed by atoms with van der Waals surface area (Å²) < 4.78 is 0. The van der Waals surface area contributed by atoms with Crippen molar-refractivity contribution in [2.24, 2.45) is 64.1 Å². The van der Waals surface area contributed by atoms with E-state index in [1.807, 2.05) is 0 Å². The molecule has 0 bridgehead atoms. The second-order valence-corrected chi connectivity index (χ2v) is 13.7. The third kappa shape index (κ3) is 3.43. The van der Waals surface area contributed by atoms with Gasteiger partial charge in [-0.15, -0.1) is 0 Å². The predicted molar refractivity (Wildman–Crippen MR) is 126 cm³/mol. The number of hydrogen-bond acceptors (Lipinski definition) is 1. The standard InChI is InChI=1S/C29H50O/c1-18(24-16-20(24)3)6-7-19(2)25-10-11-26-23-9-8-21-17-22(30)12-14-28(21,4)27(23)13-15-29(25,26)5/h18-27,30H,6-17H2,1-5H3/t18-,19-,20-,21-,22+,23+,24+,25-,26+,27+,28+,29-/m1/s1. The van der Waals surface area contributed by atoms with Crippen molar-refractivity contribution in [3.63, 3.8) is 0 Å². The summed E-state index contributed by atoms with van der Waals surface area (Å²) in [6.45, 7) is 13.0. The molecule has 0 saturated heterocycles. The van der Waals surface area contributed by atoms with Crippen molar-refractivity contribution in [3.05, 3.63) is 0 Å². The number of aliphatic hydroxyl groups is 1. The van der Waals surface area contributed by atoms with E-state index in [1.165, 1.54) is 64.2 Å². The molecule has 5 rings (SSSR count). The van der Waals surface area contributed by atoms with Gasteiger partial charge in [-0.3, -0.25) is 0 Å². The molecule has 0 amide bonds. The molecule has 1 heteroatoms. The average Bonchev–Trinajstić information content (AvgIpc) is 3.33. The van der Waals surface area contributed by atoms with Gasteiger partial charge in [-0.25, -0.2) is 0 Å². The van der Waals surface area contributed by atoms with Gasteiger partial charge in [0.15, 0.2) is 0 Å². The Kier molecular flexibility index (Phi) is 5.65. The van der Waals surface area contributed by atoms with Crippen molar-refractivity contribution in [2.45, 2.75) is 118 Å².